The molecule has 1 saturated carbocycles. The lowest BCUT2D eigenvalue weighted by atomic mass is 9.69. The number of likely N-dealkylation sites (tertiary alicyclic amines) is 1. The molecule has 5 heteroatoms. The summed E-state index contributed by atoms with van der Waals surface area (Å²) in [7, 11) is 0. The summed E-state index contributed by atoms with van der Waals surface area (Å²) in [4.78, 5) is 17.3. The number of carbonyl (C=O) groups excluding carboxylic acids is 1. The lowest BCUT2D eigenvalue weighted by Crippen LogP contribution is -2.60. The zero-order valence-electron chi connectivity index (χ0n) is 10.9. The number of anilines is 1. The number of carbonyl (C=O) groups is 1. The number of pyridine rings is 1. The third kappa shape index (κ3) is 2.55. The molecule has 0 bridgehead atoms. The summed E-state index contributed by atoms with van der Waals surface area (Å²) in [5, 5.41) is 2.75. The first-order chi connectivity index (χ1) is 9.17. The number of aromatic nitrogens is 1. The van der Waals surface area contributed by atoms with Crippen molar-refractivity contribution in [1.29, 1.82) is 0 Å². The summed E-state index contributed by atoms with van der Waals surface area (Å²) >= 11 is 0. The van der Waals surface area contributed by atoms with Crippen molar-refractivity contribution < 1.29 is 9.18 Å². The molecule has 1 aromatic rings. The van der Waals surface area contributed by atoms with Gasteiger partial charge in [0.15, 0.2) is 0 Å². The molecule has 3 rings (SSSR count). The van der Waals surface area contributed by atoms with Crippen molar-refractivity contribution in [2.75, 3.05) is 18.4 Å². The van der Waals surface area contributed by atoms with E-state index in [1.807, 2.05) is 4.90 Å². The number of hydrogen-bond acceptors (Lipinski definition) is 2. The van der Waals surface area contributed by atoms with Crippen LogP contribution in [-0.4, -0.2) is 29.0 Å². The number of amides is 2. The van der Waals surface area contributed by atoms with Crippen LogP contribution in [0.4, 0.5) is 14.9 Å². The molecule has 0 unspecified atom stereocenters. The van der Waals surface area contributed by atoms with Crippen LogP contribution in [0.2, 0.25) is 0 Å². The predicted molar refractivity (Wildman–Crippen MR) is 70.3 cm³/mol. The average molecular weight is 263 g/mol. The molecule has 2 fully saturated rings. The molecule has 2 aliphatic rings. The molecule has 19 heavy (non-hydrogen) atoms. The van der Waals surface area contributed by atoms with Crippen LogP contribution in [-0.2, 0) is 0 Å². The summed E-state index contributed by atoms with van der Waals surface area (Å²) in [6, 6.07) is 2.66. The Kier molecular flexibility index (Phi) is 3.12. The van der Waals surface area contributed by atoms with E-state index in [0.717, 1.165) is 13.1 Å². The van der Waals surface area contributed by atoms with Crippen LogP contribution in [0.25, 0.3) is 0 Å². The molecule has 2 amide bonds. The Morgan fingerprint density at radius 3 is 2.63 bits per heavy atom. The number of nitrogens with one attached hydrogen (secondary N) is 1. The van der Waals surface area contributed by atoms with Gasteiger partial charge in [0.05, 0.1) is 11.9 Å². The Hall–Kier alpha value is -1.65. The van der Waals surface area contributed by atoms with E-state index >= 15 is 0 Å². The number of rotatable bonds is 1. The number of nitrogens with zero attached hydrogens (tertiary/aromatic N) is 2. The van der Waals surface area contributed by atoms with Crippen LogP contribution in [0.5, 0.6) is 0 Å². The second-order valence-corrected chi connectivity index (χ2v) is 5.72. The van der Waals surface area contributed by atoms with Crippen molar-refractivity contribution in [3.8, 4) is 0 Å². The summed E-state index contributed by atoms with van der Waals surface area (Å²) in [6.45, 7) is 1.71. The number of hydrogen-bond donors (Lipinski definition) is 1. The zero-order valence-corrected chi connectivity index (χ0v) is 10.9. The standard InChI is InChI=1S/C14H18FN3O/c15-12-5-4-11(8-16-12)17-13(19)18-9-14(10-18)6-2-1-3-7-14/h4-5,8H,1-3,6-7,9-10H2,(H,17,19). The largest absolute Gasteiger partial charge is 0.323 e. The van der Waals surface area contributed by atoms with Crippen LogP contribution >= 0.6 is 0 Å². The lowest BCUT2D eigenvalue weighted by Gasteiger charge is -2.52. The van der Waals surface area contributed by atoms with Crippen LogP contribution in [0, 0.1) is 11.4 Å². The van der Waals surface area contributed by atoms with E-state index in [0.29, 0.717) is 11.1 Å². The molecule has 1 aliphatic carbocycles. The monoisotopic (exact) mass is 263 g/mol. The van der Waals surface area contributed by atoms with E-state index in [4.69, 9.17) is 0 Å². The summed E-state index contributed by atoms with van der Waals surface area (Å²) in [6.07, 6.45) is 7.73. The molecule has 2 heterocycles. The zero-order chi connectivity index (χ0) is 13.3. The van der Waals surface area contributed by atoms with Crippen molar-refractivity contribution in [3.05, 3.63) is 24.3 Å². The molecule has 1 aliphatic heterocycles. The lowest BCUT2D eigenvalue weighted by molar-refractivity contribution is 0.00515. The third-order valence-electron chi connectivity index (χ3n) is 4.23. The molecule has 1 saturated heterocycles. The van der Waals surface area contributed by atoms with Crippen molar-refractivity contribution >= 4 is 11.7 Å². The van der Waals surface area contributed by atoms with Crippen molar-refractivity contribution in [3.63, 3.8) is 0 Å². The minimum Gasteiger partial charge on any atom is -0.323 e. The summed E-state index contributed by atoms with van der Waals surface area (Å²) < 4.78 is 12.7. The normalized spacial score (nSPS) is 21.0. The van der Waals surface area contributed by atoms with Crippen LogP contribution in [0.15, 0.2) is 18.3 Å². The topological polar surface area (TPSA) is 45.2 Å². The SMILES string of the molecule is O=C(Nc1ccc(F)nc1)N1CC2(CCCCC2)C1. The van der Waals surface area contributed by atoms with Gasteiger partial charge in [0, 0.05) is 18.5 Å². The number of urea groups is 1. The van der Waals surface area contributed by atoms with Gasteiger partial charge in [-0.05, 0) is 25.0 Å². The van der Waals surface area contributed by atoms with Gasteiger partial charge in [-0.15, -0.1) is 0 Å². The minimum atomic E-state index is -0.539. The second-order valence-electron chi connectivity index (χ2n) is 5.72. The van der Waals surface area contributed by atoms with Gasteiger partial charge in [0.2, 0.25) is 5.95 Å². The molecule has 0 radical (unpaired) electrons. The maximum atomic E-state index is 12.7. The molecule has 0 aromatic carbocycles. The predicted octanol–water partition coefficient (Wildman–Crippen LogP) is 3.02. The Morgan fingerprint density at radius 2 is 2.00 bits per heavy atom. The Bertz CT molecular complexity index is 460. The van der Waals surface area contributed by atoms with Crippen LogP contribution < -0.4 is 5.32 Å². The van der Waals surface area contributed by atoms with Gasteiger partial charge >= 0.3 is 6.03 Å². The smallest absolute Gasteiger partial charge is 0.321 e. The van der Waals surface area contributed by atoms with E-state index < -0.39 is 5.95 Å². The van der Waals surface area contributed by atoms with Gasteiger partial charge < -0.3 is 10.2 Å². The van der Waals surface area contributed by atoms with E-state index in [9.17, 15) is 9.18 Å². The molecule has 4 nitrogen and oxygen atoms in total. The highest BCUT2D eigenvalue weighted by atomic mass is 19.1. The molecule has 1 aromatic heterocycles. The van der Waals surface area contributed by atoms with Crippen molar-refractivity contribution in [2.24, 2.45) is 5.41 Å². The van der Waals surface area contributed by atoms with E-state index in [-0.39, 0.29) is 6.03 Å². The van der Waals surface area contributed by atoms with Crippen LogP contribution in [0.1, 0.15) is 32.1 Å². The quantitative estimate of drug-likeness (QED) is 0.792. The highest BCUT2D eigenvalue weighted by Gasteiger charge is 2.45. The Morgan fingerprint density at radius 1 is 1.26 bits per heavy atom. The maximum Gasteiger partial charge on any atom is 0.321 e. The molecular weight excluding hydrogens is 245 g/mol. The first-order valence-electron chi connectivity index (χ1n) is 6.84. The first-order valence-corrected chi connectivity index (χ1v) is 6.84. The van der Waals surface area contributed by atoms with Gasteiger partial charge in [-0.2, -0.15) is 4.39 Å². The highest BCUT2D eigenvalue weighted by molar-refractivity contribution is 5.89. The fraction of sp³-hybridized carbons (Fsp3) is 0.571. The van der Waals surface area contributed by atoms with Crippen molar-refractivity contribution in [1.82, 2.24) is 9.88 Å². The molecular formula is C14H18FN3O. The molecule has 0 atom stereocenters. The summed E-state index contributed by atoms with van der Waals surface area (Å²) in [5.74, 6) is -0.539. The van der Waals surface area contributed by atoms with Crippen LogP contribution in [0.3, 0.4) is 0 Å². The first kappa shape index (κ1) is 12.4. The highest BCUT2D eigenvalue weighted by Crippen LogP contribution is 2.43. The fourth-order valence-electron chi connectivity index (χ4n) is 3.18. The van der Waals surface area contributed by atoms with Gasteiger partial charge in [0.1, 0.15) is 0 Å². The third-order valence-corrected chi connectivity index (χ3v) is 4.23. The maximum absolute atomic E-state index is 12.7. The van der Waals surface area contributed by atoms with Crippen molar-refractivity contribution in [2.45, 2.75) is 32.1 Å². The van der Waals surface area contributed by atoms with Gasteiger partial charge in [-0.25, -0.2) is 9.78 Å². The van der Waals surface area contributed by atoms with E-state index in [1.165, 1.54) is 50.4 Å². The minimum absolute atomic E-state index is 0.107. The van der Waals surface area contributed by atoms with Gasteiger partial charge in [-0.1, -0.05) is 19.3 Å². The summed E-state index contributed by atoms with van der Waals surface area (Å²) in [5.41, 5.74) is 0.924. The van der Waals surface area contributed by atoms with Gasteiger partial charge in [-0.3, -0.25) is 0 Å². The average Bonchev–Trinajstić information content (AvgIpc) is 2.39. The fourth-order valence-corrected chi connectivity index (χ4v) is 3.18. The number of halogens is 1. The van der Waals surface area contributed by atoms with Gasteiger partial charge in [0.25, 0.3) is 0 Å². The molecule has 102 valence electrons. The van der Waals surface area contributed by atoms with E-state index in [2.05, 4.69) is 10.3 Å². The molecule has 1 spiro atoms. The molecule has 1 N–H and O–H groups in total. The second kappa shape index (κ2) is 4.79. The Balaban J connectivity index is 1.54. The van der Waals surface area contributed by atoms with E-state index in [1.54, 1.807) is 0 Å². The Labute approximate surface area is 112 Å².